The minimum Gasteiger partial charge on any atom is -0.293 e. The summed E-state index contributed by atoms with van der Waals surface area (Å²) in [6.45, 7) is 2.62. The van der Waals surface area contributed by atoms with Gasteiger partial charge in [0, 0.05) is 28.8 Å². The van der Waals surface area contributed by atoms with Gasteiger partial charge in [0.1, 0.15) is 0 Å². The van der Waals surface area contributed by atoms with Crippen molar-refractivity contribution in [1.29, 1.82) is 0 Å². The molecule has 1 aromatic rings. The molecule has 2 rings (SSSR count). The van der Waals surface area contributed by atoms with E-state index in [4.69, 9.17) is 0 Å². The molecule has 2 nitrogen and oxygen atoms in total. The molecule has 0 atom stereocenters. The molecule has 0 saturated carbocycles. The predicted molar refractivity (Wildman–Crippen MR) is 109 cm³/mol. The average molecular weight is 448 g/mol. The summed E-state index contributed by atoms with van der Waals surface area (Å²) < 4.78 is 1.05. The predicted octanol–water partition coefficient (Wildman–Crippen LogP) is 5.74. The second-order valence-electron chi connectivity index (χ2n) is 5.09. The number of thioether (sulfide) groups is 2. The van der Waals surface area contributed by atoms with Crippen molar-refractivity contribution in [1.82, 2.24) is 9.88 Å². The van der Waals surface area contributed by atoms with Gasteiger partial charge in [-0.3, -0.25) is 4.90 Å². The number of rotatable bonds is 9. The van der Waals surface area contributed by atoms with Crippen molar-refractivity contribution in [2.45, 2.75) is 37.1 Å². The third-order valence-corrected chi connectivity index (χ3v) is 5.91. The molecule has 1 aliphatic rings. The van der Waals surface area contributed by atoms with Crippen LogP contribution in [0.4, 0.5) is 0 Å². The van der Waals surface area contributed by atoms with E-state index in [9.17, 15) is 0 Å². The van der Waals surface area contributed by atoms with Gasteiger partial charge in [-0.15, -0.1) is 48.3 Å². The fourth-order valence-corrected chi connectivity index (χ4v) is 4.34. The third kappa shape index (κ3) is 9.89. The molecular formula is C15H25BrCl2N2S2. The Labute approximate surface area is 163 Å². The van der Waals surface area contributed by atoms with Gasteiger partial charge >= 0.3 is 0 Å². The van der Waals surface area contributed by atoms with Crippen LogP contribution in [0.25, 0.3) is 0 Å². The van der Waals surface area contributed by atoms with Gasteiger partial charge in [-0.1, -0.05) is 19.3 Å². The second kappa shape index (κ2) is 14.2. The first-order valence-corrected chi connectivity index (χ1v) is 10.3. The van der Waals surface area contributed by atoms with Crippen LogP contribution in [0.5, 0.6) is 0 Å². The first kappa shape index (κ1) is 22.9. The summed E-state index contributed by atoms with van der Waals surface area (Å²) >= 11 is 7.35. The van der Waals surface area contributed by atoms with Crippen molar-refractivity contribution < 1.29 is 0 Å². The van der Waals surface area contributed by atoms with E-state index in [2.05, 4.69) is 49.7 Å². The molecule has 0 radical (unpaired) electrons. The molecule has 0 spiro atoms. The number of hydrogen-bond acceptors (Lipinski definition) is 4. The summed E-state index contributed by atoms with van der Waals surface area (Å²) in [5, 5.41) is 1.14. The highest BCUT2D eigenvalue weighted by molar-refractivity contribution is 9.10. The summed E-state index contributed by atoms with van der Waals surface area (Å²) in [7, 11) is 0. The van der Waals surface area contributed by atoms with Crippen LogP contribution in [0, 0.1) is 0 Å². The van der Waals surface area contributed by atoms with E-state index in [0.29, 0.717) is 0 Å². The number of hydrogen-bond donors (Lipinski definition) is 0. The first-order chi connectivity index (χ1) is 9.84. The molecule has 128 valence electrons. The minimum atomic E-state index is 0. The van der Waals surface area contributed by atoms with E-state index in [0.717, 1.165) is 9.50 Å². The number of pyridine rings is 1. The van der Waals surface area contributed by atoms with Gasteiger partial charge < -0.3 is 0 Å². The Kier molecular flexibility index (Phi) is 14.8. The molecule has 1 saturated heterocycles. The normalized spacial score (nSPS) is 14.4. The molecule has 0 bridgehead atoms. The zero-order valence-corrected chi connectivity index (χ0v) is 17.6. The Morgan fingerprint density at radius 2 is 1.91 bits per heavy atom. The van der Waals surface area contributed by atoms with Gasteiger partial charge in [0.25, 0.3) is 0 Å². The SMILES string of the molecule is Brc1ccc(SCCCCCCCN2CCSC2)nc1.Cl.Cl. The Bertz CT molecular complexity index is 376. The largest absolute Gasteiger partial charge is 0.293 e. The highest BCUT2D eigenvalue weighted by Gasteiger charge is 2.10. The molecule has 0 N–H and O–H groups in total. The fourth-order valence-electron chi connectivity index (χ4n) is 2.22. The zero-order chi connectivity index (χ0) is 14.0. The molecule has 0 aliphatic carbocycles. The number of nitrogens with zero attached hydrogens (tertiary/aromatic N) is 2. The lowest BCUT2D eigenvalue weighted by Gasteiger charge is -2.12. The van der Waals surface area contributed by atoms with E-state index in [-0.39, 0.29) is 24.8 Å². The Balaban J connectivity index is 0.00000220. The van der Waals surface area contributed by atoms with Crippen LogP contribution >= 0.6 is 64.3 Å². The maximum atomic E-state index is 4.38. The highest BCUT2D eigenvalue weighted by atomic mass is 79.9. The summed E-state index contributed by atoms with van der Waals surface area (Å²) in [4.78, 5) is 6.96. The second-order valence-corrected chi connectivity index (χ2v) is 8.19. The summed E-state index contributed by atoms with van der Waals surface area (Å²) in [5.74, 6) is 3.79. The van der Waals surface area contributed by atoms with Crippen LogP contribution in [0.3, 0.4) is 0 Å². The zero-order valence-electron chi connectivity index (χ0n) is 12.7. The van der Waals surface area contributed by atoms with Crippen molar-refractivity contribution >= 4 is 64.3 Å². The van der Waals surface area contributed by atoms with Gasteiger partial charge in [0.15, 0.2) is 0 Å². The van der Waals surface area contributed by atoms with E-state index in [1.807, 2.05) is 18.0 Å². The van der Waals surface area contributed by atoms with Crippen molar-refractivity contribution in [3.8, 4) is 0 Å². The van der Waals surface area contributed by atoms with Gasteiger partial charge in [0.05, 0.1) is 5.03 Å². The third-order valence-electron chi connectivity index (χ3n) is 3.39. The average Bonchev–Trinajstić information content (AvgIpc) is 2.97. The lowest BCUT2D eigenvalue weighted by Crippen LogP contribution is -2.20. The molecule has 1 aromatic heterocycles. The molecule has 7 heteroatoms. The summed E-state index contributed by atoms with van der Waals surface area (Å²) in [6.07, 6.45) is 8.69. The van der Waals surface area contributed by atoms with E-state index < -0.39 is 0 Å². The minimum absolute atomic E-state index is 0. The maximum Gasteiger partial charge on any atom is 0.0960 e. The fraction of sp³-hybridized carbons (Fsp3) is 0.667. The van der Waals surface area contributed by atoms with E-state index in [1.54, 1.807) is 0 Å². The molecule has 1 fully saturated rings. The lowest BCUT2D eigenvalue weighted by atomic mass is 10.1. The van der Waals surface area contributed by atoms with Crippen LogP contribution in [0.15, 0.2) is 27.8 Å². The molecule has 0 amide bonds. The molecule has 0 aromatic carbocycles. The van der Waals surface area contributed by atoms with Crippen LogP contribution in [-0.2, 0) is 0 Å². The van der Waals surface area contributed by atoms with E-state index >= 15 is 0 Å². The van der Waals surface area contributed by atoms with Gasteiger partial charge in [-0.25, -0.2) is 4.98 Å². The maximum absolute atomic E-state index is 4.38. The smallest absolute Gasteiger partial charge is 0.0960 e. The number of halogens is 3. The Morgan fingerprint density at radius 3 is 2.59 bits per heavy atom. The Morgan fingerprint density at radius 1 is 1.14 bits per heavy atom. The molecular weight excluding hydrogens is 423 g/mol. The quantitative estimate of drug-likeness (QED) is 0.354. The highest BCUT2D eigenvalue weighted by Crippen LogP contribution is 2.19. The standard InChI is InChI=1S/C15H23BrN2S2.2ClH/c16-14-6-7-15(17-12-14)20-10-5-3-1-2-4-8-18-9-11-19-13-18;;/h6-7,12H,1-5,8-11,13H2;2*1H. The first-order valence-electron chi connectivity index (χ1n) is 7.39. The summed E-state index contributed by atoms with van der Waals surface area (Å²) in [6, 6.07) is 4.15. The Hall–Kier alpha value is 0.870. The summed E-state index contributed by atoms with van der Waals surface area (Å²) in [5.41, 5.74) is 0. The van der Waals surface area contributed by atoms with Gasteiger partial charge in [-0.05, 0) is 53.2 Å². The molecule has 22 heavy (non-hydrogen) atoms. The van der Waals surface area contributed by atoms with Gasteiger partial charge in [0.2, 0.25) is 0 Å². The van der Waals surface area contributed by atoms with Crippen molar-refractivity contribution in [3.63, 3.8) is 0 Å². The number of aromatic nitrogens is 1. The molecule has 2 heterocycles. The van der Waals surface area contributed by atoms with Crippen molar-refractivity contribution in [3.05, 3.63) is 22.8 Å². The monoisotopic (exact) mass is 446 g/mol. The lowest BCUT2D eigenvalue weighted by molar-refractivity contribution is 0.343. The van der Waals surface area contributed by atoms with Crippen molar-refractivity contribution in [2.75, 3.05) is 30.5 Å². The van der Waals surface area contributed by atoms with Crippen LogP contribution in [0.2, 0.25) is 0 Å². The number of unbranched alkanes of at least 4 members (excludes halogenated alkanes) is 4. The topological polar surface area (TPSA) is 16.1 Å². The van der Waals surface area contributed by atoms with Crippen LogP contribution < -0.4 is 0 Å². The molecule has 1 aliphatic heterocycles. The molecule has 0 unspecified atom stereocenters. The van der Waals surface area contributed by atoms with Crippen LogP contribution in [-0.4, -0.2) is 40.4 Å². The van der Waals surface area contributed by atoms with Crippen LogP contribution in [0.1, 0.15) is 32.1 Å². The van der Waals surface area contributed by atoms with Gasteiger partial charge in [-0.2, -0.15) is 0 Å². The van der Waals surface area contributed by atoms with E-state index in [1.165, 1.54) is 62.6 Å². The van der Waals surface area contributed by atoms with Crippen molar-refractivity contribution in [2.24, 2.45) is 0 Å².